The molecule has 1 atom stereocenters. The molecule has 0 saturated carbocycles. The molecule has 132 valence electrons. The van der Waals surface area contributed by atoms with Gasteiger partial charge in [-0.1, -0.05) is 60.7 Å². The first-order chi connectivity index (χ1) is 13.2. The lowest BCUT2D eigenvalue weighted by atomic mass is 9.88. The number of ether oxygens (including phenoxy) is 2. The molecular weight excluding hydrogens is 340 g/mol. The Morgan fingerprint density at radius 1 is 0.889 bits per heavy atom. The number of carboxylic acids is 1. The SMILES string of the molecule is O=C(O)C1=C(c2ccccc2)c2ccccc2C1c1ccc2c(c1)OCO2. The highest BCUT2D eigenvalue weighted by molar-refractivity contribution is 6.06. The van der Waals surface area contributed by atoms with Crippen LogP contribution < -0.4 is 9.47 Å². The van der Waals surface area contributed by atoms with Crippen LogP contribution in [0.3, 0.4) is 0 Å². The molecule has 1 N–H and O–H groups in total. The Morgan fingerprint density at radius 3 is 2.44 bits per heavy atom. The van der Waals surface area contributed by atoms with Crippen molar-refractivity contribution in [1.82, 2.24) is 0 Å². The monoisotopic (exact) mass is 356 g/mol. The molecule has 0 fully saturated rings. The molecule has 1 unspecified atom stereocenters. The van der Waals surface area contributed by atoms with E-state index in [1.54, 1.807) is 0 Å². The van der Waals surface area contributed by atoms with E-state index in [9.17, 15) is 9.90 Å². The van der Waals surface area contributed by atoms with Gasteiger partial charge in [0.25, 0.3) is 0 Å². The second-order valence-corrected chi connectivity index (χ2v) is 6.59. The Kier molecular flexibility index (Phi) is 3.50. The van der Waals surface area contributed by atoms with Crippen LogP contribution in [0, 0.1) is 0 Å². The average Bonchev–Trinajstić information content (AvgIpc) is 3.30. The molecule has 1 aliphatic heterocycles. The molecule has 0 radical (unpaired) electrons. The maximum absolute atomic E-state index is 12.4. The highest BCUT2D eigenvalue weighted by Crippen LogP contribution is 2.49. The summed E-state index contributed by atoms with van der Waals surface area (Å²) in [4.78, 5) is 12.4. The van der Waals surface area contributed by atoms with Gasteiger partial charge in [0.15, 0.2) is 11.5 Å². The van der Waals surface area contributed by atoms with Crippen LogP contribution in [-0.4, -0.2) is 17.9 Å². The second kappa shape index (κ2) is 6.02. The van der Waals surface area contributed by atoms with E-state index >= 15 is 0 Å². The van der Waals surface area contributed by atoms with Crippen LogP contribution in [0.4, 0.5) is 0 Å². The number of hydrogen-bond donors (Lipinski definition) is 1. The Labute approximate surface area is 156 Å². The minimum atomic E-state index is -0.910. The summed E-state index contributed by atoms with van der Waals surface area (Å²) in [5, 5.41) is 10.1. The lowest BCUT2D eigenvalue weighted by Crippen LogP contribution is -2.10. The van der Waals surface area contributed by atoms with Crippen molar-refractivity contribution >= 4 is 11.5 Å². The molecule has 3 aromatic carbocycles. The molecule has 1 aliphatic carbocycles. The largest absolute Gasteiger partial charge is 0.478 e. The number of fused-ring (bicyclic) bond motifs is 2. The molecule has 0 bridgehead atoms. The smallest absolute Gasteiger partial charge is 0.333 e. The van der Waals surface area contributed by atoms with Crippen molar-refractivity contribution in [3.63, 3.8) is 0 Å². The first-order valence-electron chi connectivity index (χ1n) is 8.76. The van der Waals surface area contributed by atoms with Gasteiger partial charge in [-0.15, -0.1) is 0 Å². The molecule has 2 aliphatic rings. The molecule has 27 heavy (non-hydrogen) atoms. The van der Waals surface area contributed by atoms with E-state index < -0.39 is 5.97 Å². The van der Waals surface area contributed by atoms with E-state index in [0.717, 1.165) is 27.8 Å². The standard InChI is InChI=1S/C23H16O4/c24-23(25)22-20(14-6-2-1-3-7-14)16-8-4-5-9-17(16)21(22)15-10-11-18-19(12-15)27-13-26-18/h1-12,21H,13H2,(H,24,25). The van der Waals surface area contributed by atoms with Crippen molar-refractivity contribution in [2.24, 2.45) is 0 Å². The summed E-state index contributed by atoms with van der Waals surface area (Å²) < 4.78 is 10.9. The van der Waals surface area contributed by atoms with Gasteiger partial charge in [-0.05, 0) is 34.4 Å². The van der Waals surface area contributed by atoms with E-state index in [0.29, 0.717) is 17.1 Å². The number of benzene rings is 3. The Balaban J connectivity index is 1.77. The van der Waals surface area contributed by atoms with Crippen molar-refractivity contribution in [2.45, 2.75) is 5.92 Å². The molecule has 0 spiro atoms. The zero-order chi connectivity index (χ0) is 18.4. The third-order valence-electron chi connectivity index (χ3n) is 5.12. The summed E-state index contributed by atoms with van der Waals surface area (Å²) in [7, 11) is 0. The Bertz CT molecular complexity index is 1080. The Hall–Kier alpha value is -3.53. The summed E-state index contributed by atoms with van der Waals surface area (Å²) in [6.07, 6.45) is 0. The van der Waals surface area contributed by atoms with E-state index in [2.05, 4.69) is 0 Å². The minimum absolute atomic E-state index is 0.191. The summed E-state index contributed by atoms with van der Waals surface area (Å²) in [5.74, 6) is 0.0770. The topological polar surface area (TPSA) is 55.8 Å². The van der Waals surface area contributed by atoms with Crippen molar-refractivity contribution in [3.8, 4) is 11.5 Å². The van der Waals surface area contributed by atoms with Crippen molar-refractivity contribution in [3.05, 3.63) is 101 Å². The van der Waals surface area contributed by atoms with Crippen molar-refractivity contribution < 1.29 is 19.4 Å². The third-order valence-corrected chi connectivity index (χ3v) is 5.12. The fourth-order valence-electron chi connectivity index (χ4n) is 4.01. The molecule has 3 aromatic rings. The Morgan fingerprint density at radius 2 is 1.63 bits per heavy atom. The number of hydrogen-bond acceptors (Lipinski definition) is 3. The normalized spacial score (nSPS) is 17.1. The number of rotatable bonds is 3. The second-order valence-electron chi connectivity index (χ2n) is 6.59. The highest BCUT2D eigenvalue weighted by Gasteiger charge is 2.37. The van der Waals surface area contributed by atoms with Crippen LogP contribution in [0.15, 0.2) is 78.4 Å². The first kappa shape index (κ1) is 15.7. The number of carboxylic acid groups (broad SMARTS) is 1. The predicted molar refractivity (Wildman–Crippen MR) is 101 cm³/mol. The van der Waals surface area contributed by atoms with Crippen LogP contribution in [0.1, 0.15) is 28.2 Å². The van der Waals surface area contributed by atoms with Crippen LogP contribution in [0.25, 0.3) is 5.57 Å². The maximum Gasteiger partial charge on any atom is 0.333 e. The minimum Gasteiger partial charge on any atom is -0.478 e. The lowest BCUT2D eigenvalue weighted by Gasteiger charge is -2.15. The van der Waals surface area contributed by atoms with E-state index in [-0.39, 0.29) is 12.7 Å². The first-order valence-corrected chi connectivity index (χ1v) is 8.76. The summed E-state index contributed by atoms with van der Waals surface area (Å²) in [5.41, 5.74) is 4.92. The molecule has 0 aromatic heterocycles. The number of carbonyl (C=O) groups is 1. The summed E-state index contributed by atoms with van der Waals surface area (Å²) >= 11 is 0. The van der Waals surface area contributed by atoms with Gasteiger partial charge < -0.3 is 14.6 Å². The molecular formula is C23H16O4. The highest BCUT2D eigenvalue weighted by atomic mass is 16.7. The quantitative estimate of drug-likeness (QED) is 0.753. The van der Waals surface area contributed by atoms with E-state index in [1.807, 2.05) is 72.8 Å². The zero-order valence-electron chi connectivity index (χ0n) is 14.4. The van der Waals surface area contributed by atoms with E-state index in [1.165, 1.54) is 0 Å². The third kappa shape index (κ3) is 2.41. The molecule has 5 rings (SSSR count). The average molecular weight is 356 g/mol. The molecule has 0 amide bonds. The van der Waals surface area contributed by atoms with Crippen LogP contribution in [-0.2, 0) is 4.79 Å². The zero-order valence-corrected chi connectivity index (χ0v) is 14.4. The van der Waals surface area contributed by atoms with Crippen LogP contribution in [0.2, 0.25) is 0 Å². The van der Waals surface area contributed by atoms with Gasteiger partial charge in [0.2, 0.25) is 6.79 Å². The van der Waals surface area contributed by atoms with Gasteiger partial charge in [-0.3, -0.25) is 0 Å². The van der Waals surface area contributed by atoms with E-state index in [4.69, 9.17) is 9.47 Å². The summed E-state index contributed by atoms with van der Waals surface area (Å²) in [6, 6.07) is 23.3. The van der Waals surface area contributed by atoms with Gasteiger partial charge in [0.05, 0.1) is 5.57 Å². The maximum atomic E-state index is 12.4. The lowest BCUT2D eigenvalue weighted by molar-refractivity contribution is -0.132. The summed E-state index contributed by atoms with van der Waals surface area (Å²) in [6.45, 7) is 0.191. The van der Waals surface area contributed by atoms with Crippen molar-refractivity contribution in [2.75, 3.05) is 6.79 Å². The van der Waals surface area contributed by atoms with Gasteiger partial charge in [0, 0.05) is 11.5 Å². The van der Waals surface area contributed by atoms with Gasteiger partial charge in [-0.25, -0.2) is 4.79 Å². The number of aliphatic carboxylic acids is 1. The van der Waals surface area contributed by atoms with Gasteiger partial charge in [0.1, 0.15) is 0 Å². The van der Waals surface area contributed by atoms with Crippen LogP contribution in [0.5, 0.6) is 11.5 Å². The van der Waals surface area contributed by atoms with Crippen LogP contribution >= 0.6 is 0 Å². The molecule has 0 saturated heterocycles. The fourth-order valence-corrected chi connectivity index (χ4v) is 4.01. The predicted octanol–water partition coefficient (Wildman–Crippen LogP) is 4.45. The molecule has 4 nitrogen and oxygen atoms in total. The van der Waals surface area contributed by atoms with Gasteiger partial charge >= 0.3 is 5.97 Å². The molecule has 4 heteroatoms. The van der Waals surface area contributed by atoms with Gasteiger partial charge in [-0.2, -0.15) is 0 Å². The fraction of sp³-hybridized carbons (Fsp3) is 0.0870. The molecule has 1 heterocycles. The van der Waals surface area contributed by atoms with Crippen molar-refractivity contribution in [1.29, 1.82) is 0 Å².